The highest BCUT2D eigenvalue weighted by molar-refractivity contribution is 6.32. The van der Waals surface area contributed by atoms with Crippen LogP contribution in [-0.4, -0.2) is 29.7 Å². The number of amides is 1. The second-order valence-corrected chi connectivity index (χ2v) is 6.77. The summed E-state index contributed by atoms with van der Waals surface area (Å²) in [4.78, 5) is 16.5. The Morgan fingerprint density at radius 2 is 1.97 bits per heavy atom. The predicted octanol–water partition coefficient (Wildman–Crippen LogP) is 4.56. The van der Waals surface area contributed by atoms with Crippen LogP contribution in [0.2, 0.25) is 5.02 Å². The Kier molecular flexibility index (Phi) is 6.57. The van der Waals surface area contributed by atoms with Crippen molar-refractivity contribution in [3.05, 3.63) is 76.8 Å². The molecule has 0 atom stereocenters. The molecule has 1 heterocycles. The van der Waals surface area contributed by atoms with Crippen molar-refractivity contribution < 1.29 is 14.3 Å². The molecule has 1 N–H and O–H groups in total. The van der Waals surface area contributed by atoms with Gasteiger partial charge < -0.3 is 19.4 Å². The van der Waals surface area contributed by atoms with Gasteiger partial charge in [-0.15, -0.1) is 0 Å². The number of halogens is 1. The fraction of sp³-hybridized carbons (Fsp3) is 0.182. The molecule has 0 fully saturated rings. The molecule has 1 amide bonds. The average Bonchev–Trinajstić information content (AvgIpc) is 3.12. The van der Waals surface area contributed by atoms with Crippen LogP contribution >= 0.6 is 11.6 Å². The molecule has 0 aliphatic rings. The second kappa shape index (κ2) is 9.30. The number of imidazole rings is 1. The maximum atomic E-state index is 12.2. The predicted molar refractivity (Wildman–Crippen MR) is 115 cm³/mol. The number of aromatic nitrogens is 2. The summed E-state index contributed by atoms with van der Waals surface area (Å²) in [6, 6.07) is 11.2. The molecule has 3 rings (SSSR count). The lowest BCUT2D eigenvalue weighted by Gasteiger charge is -2.10. The van der Waals surface area contributed by atoms with E-state index in [9.17, 15) is 4.79 Å². The average molecular weight is 412 g/mol. The Hall–Kier alpha value is -3.25. The highest BCUT2D eigenvalue weighted by Gasteiger charge is 2.10. The maximum Gasteiger partial charge on any atom is 0.248 e. The molecule has 0 aliphatic heterocycles. The van der Waals surface area contributed by atoms with E-state index in [2.05, 4.69) is 14.9 Å². The number of ether oxygens (including phenoxy) is 2. The lowest BCUT2D eigenvalue weighted by atomic mass is 10.1. The summed E-state index contributed by atoms with van der Waals surface area (Å²) in [7, 11) is 3.06. The maximum absolute atomic E-state index is 12.2. The van der Waals surface area contributed by atoms with Gasteiger partial charge in [0.1, 0.15) is 5.82 Å². The monoisotopic (exact) mass is 411 g/mol. The van der Waals surface area contributed by atoms with E-state index in [-0.39, 0.29) is 5.91 Å². The highest BCUT2D eigenvalue weighted by Crippen LogP contribution is 2.36. The standard InChI is InChI=1S/C22H22ClN3O3/c1-15-24-10-11-26(15)14-16-4-7-18(8-5-16)25-21(27)9-6-17-12-19(23)22(29-3)20(13-17)28-2/h4-13H,14H2,1-3H3,(H,25,27)/b9-6+. The fourth-order valence-corrected chi connectivity index (χ4v) is 3.15. The topological polar surface area (TPSA) is 65.4 Å². The first kappa shape index (κ1) is 20.5. The fourth-order valence-electron chi connectivity index (χ4n) is 2.85. The summed E-state index contributed by atoms with van der Waals surface area (Å²) in [5, 5.41) is 3.25. The van der Waals surface area contributed by atoms with E-state index < -0.39 is 0 Å². The number of aryl methyl sites for hydroxylation is 1. The quantitative estimate of drug-likeness (QED) is 0.579. The van der Waals surface area contributed by atoms with Gasteiger partial charge in [0.05, 0.1) is 19.2 Å². The van der Waals surface area contributed by atoms with E-state index in [1.54, 1.807) is 24.4 Å². The molecule has 29 heavy (non-hydrogen) atoms. The molecule has 0 spiro atoms. The number of carbonyl (C=O) groups excluding carboxylic acids is 1. The Balaban J connectivity index is 1.63. The number of hydrogen-bond donors (Lipinski definition) is 1. The van der Waals surface area contributed by atoms with Crippen molar-refractivity contribution >= 4 is 29.3 Å². The highest BCUT2D eigenvalue weighted by atomic mass is 35.5. The van der Waals surface area contributed by atoms with Crippen molar-refractivity contribution in [1.29, 1.82) is 0 Å². The normalized spacial score (nSPS) is 10.9. The molecule has 0 aliphatic carbocycles. The molecule has 3 aromatic rings. The van der Waals surface area contributed by atoms with E-state index in [1.165, 1.54) is 20.3 Å². The van der Waals surface area contributed by atoms with Crippen LogP contribution in [0.5, 0.6) is 11.5 Å². The third-order valence-electron chi connectivity index (χ3n) is 4.38. The zero-order valence-electron chi connectivity index (χ0n) is 16.5. The summed E-state index contributed by atoms with van der Waals surface area (Å²) < 4.78 is 12.5. The minimum atomic E-state index is -0.242. The van der Waals surface area contributed by atoms with Gasteiger partial charge in [-0.3, -0.25) is 4.79 Å². The lowest BCUT2D eigenvalue weighted by molar-refractivity contribution is -0.111. The second-order valence-electron chi connectivity index (χ2n) is 6.36. The zero-order chi connectivity index (χ0) is 20.8. The number of nitrogens with one attached hydrogen (secondary N) is 1. The minimum absolute atomic E-state index is 0.242. The molecule has 7 heteroatoms. The van der Waals surface area contributed by atoms with E-state index >= 15 is 0 Å². The molecule has 6 nitrogen and oxygen atoms in total. The smallest absolute Gasteiger partial charge is 0.248 e. The molecule has 0 saturated carbocycles. The lowest BCUT2D eigenvalue weighted by Crippen LogP contribution is -2.08. The van der Waals surface area contributed by atoms with Crippen molar-refractivity contribution in [3.8, 4) is 11.5 Å². The van der Waals surface area contributed by atoms with Gasteiger partial charge in [0.2, 0.25) is 5.91 Å². The molecular weight excluding hydrogens is 390 g/mol. The van der Waals surface area contributed by atoms with Gasteiger partial charge in [-0.2, -0.15) is 0 Å². The van der Waals surface area contributed by atoms with Crippen LogP contribution in [-0.2, 0) is 11.3 Å². The molecule has 0 unspecified atom stereocenters. The van der Waals surface area contributed by atoms with Crippen molar-refractivity contribution in [2.45, 2.75) is 13.5 Å². The van der Waals surface area contributed by atoms with Crippen LogP contribution in [0.25, 0.3) is 6.08 Å². The first-order valence-corrected chi connectivity index (χ1v) is 9.35. The van der Waals surface area contributed by atoms with Crippen molar-refractivity contribution in [1.82, 2.24) is 9.55 Å². The van der Waals surface area contributed by atoms with Crippen LogP contribution < -0.4 is 14.8 Å². The van der Waals surface area contributed by atoms with Gasteiger partial charge in [-0.1, -0.05) is 23.7 Å². The molecule has 150 valence electrons. The largest absolute Gasteiger partial charge is 0.493 e. The van der Waals surface area contributed by atoms with Gasteiger partial charge in [0, 0.05) is 30.7 Å². The van der Waals surface area contributed by atoms with Crippen LogP contribution in [0, 0.1) is 6.92 Å². The van der Waals surface area contributed by atoms with Crippen LogP contribution in [0.15, 0.2) is 54.9 Å². The van der Waals surface area contributed by atoms with Crippen molar-refractivity contribution in [3.63, 3.8) is 0 Å². The first-order chi connectivity index (χ1) is 14.0. The van der Waals surface area contributed by atoms with Gasteiger partial charge in [0.25, 0.3) is 0 Å². The SMILES string of the molecule is COc1cc(/C=C/C(=O)Nc2ccc(Cn3ccnc3C)cc2)cc(Cl)c1OC. The third kappa shape index (κ3) is 5.18. The van der Waals surface area contributed by atoms with E-state index in [0.717, 1.165) is 29.2 Å². The van der Waals surface area contributed by atoms with Crippen LogP contribution in [0.3, 0.4) is 0 Å². The molecule has 0 saturated heterocycles. The van der Waals surface area contributed by atoms with Crippen molar-refractivity contribution in [2.75, 3.05) is 19.5 Å². The van der Waals surface area contributed by atoms with Gasteiger partial charge >= 0.3 is 0 Å². The minimum Gasteiger partial charge on any atom is -0.493 e. The van der Waals surface area contributed by atoms with Crippen molar-refractivity contribution in [2.24, 2.45) is 0 Å². The number of methoxy groups -OCH3 is 2. The Bertz CT molecular complexity index is 1030. The molecule has 0 bridgehead atoms. The van der Waals surface area contributed by atoms with Crippen LogP contribution in [0.1, 0.15) is 17.0 Å². The van der Waals surface area contributed by atoms with E-state index in [1.807, 2.05) is 37.4 Å². The van der Waals surface area contributed by atoms with Gasteiger partial charge in [0.15, 0.2) is 11.5 Å². The number of hydrogen-bond acceptors (Lipinski definition) is 4. The summed E-state index contributed by atoms with van der Waals surface area (Å²) in [5.41, 5.74) is 2.57. The molecule has 0 radical (unpaired) electrons. The summed E-state index contributed by atoms with van der Waals surface area (Å²) >= 11 is 6.19. The molecule has 2 aromatic carbocycles. The van der Waals surface area contributed by atoms with E-state index in [4.69, 9.17) is 21.1 Å². The Morgan fingerprint density at radius 1 is 1.21 bits per heavy atom. The van der Waals surface area contributed by atoms with Crippen LogP contribution in [0.4, 0.5) is 5.69 Å². The number of anilines is 1. The first-order valence-electron chi connectivity index (χ1n) is 8.97. The Morgan fingerprint density at radius 3 is 2.59 bits per heavy atom. The third-order valence-corrected chi connectivity index (χ3v) is 4.66. The summed E-state index contributed by atoms with van der Waals surface area (Å²) in [6.45, 7) is 2.70. The number of carbonyl (C=O) groups is 1. The molecular formula is C22H22ClN3O3. The number of benzene rings is 2. The van der Waals surface area contributed by atoms with Gasteiger partial charge in [-0.25, -0.2) is 4.98 Å². The van der Waals surface area contributed by atoms with Gasteiger partial charge in [-0.05, 0) is 48.4 Å². The van der Waals surface area contributed by atoms with E-state index in [0.29, 0.717) is 16.5 Å². The zero-order valence-corrected chi connectivity index (χ0v) is 17.2. The summed E-state index contributed by atoms with van der Waals surface area (Å²) in [6.07, 6.45) is 6.83. The number of nitrogens with zero attached hydrogens (tertiary/aromatic N) is 2. The molecule has 1 aromatic heterocycles. The summed E-state index contributed by atoms with van der Waals surface area (Å²) in [5.74, 6) is 1.68. The Labute approximate surface area is 174 Å². The number of rotatable bonds is 7.